The SMILES string of the molecule is Cc1nn(Cc2ccccc2)c(Cl)c1C(=O)NCc1ccccc1OC(F)F. The maximum absolute atomic E-state index is 12.6. The van der Waals surface area contributed by atoms with E-state index < -0.39 is 12.5 Å². The van der Waals surface area contributed by atoms with Crippen LogP contribution in [0.4, 0.5) is 8.78 Å². The van der Waals surface area contributed by atoms with Gasteiger partial charge in [-0.05, 0) is 18.6 Å². The minimum atomic E-state index is -2.94. The van der Waals surface area contributed by atoms with Gasteiger partial charge in [0.15, 0.2) is 0 Å². The van der Waals surface area contributed by atoms with Gasteiger partial charge in [0.25, 0.3) is 5.91 Å². The maximum Gasteiger partial charge on any atom is 0.387 e. The van der Waals surface area contributed by atoms with Crippen molar-refractivity contribution in [1.82, 2.24) is 15.1 Å². The summed E-state index contributed by atoms with van der Waals surface area (Å²) in [6.07, 6.45) is 0. The van der Waals surface area contributed by atoms with Gasteiger partial charge < -0.3 is 10.1 Å². The van der Waals surface area contributed by atoms with Crippen LogP contribution in [0.5, 0.6) is 5.75 Å². The van der Waals surface area contributed by atoms with Crippen LogP contribution in [-0.2, 0) is 13.1 Å². The molecule has 0 saturated carbocycles. The number of carbonyl (C=O) groups excluding carboxylic acids is 1. The van der Waals surface area contributed by atoms with E-state index in [1.54, 1.807) is 29.8 Å². The Morgan fingerprint density at radius 2 is 1.86 bits per heavy atom. The van der Waals surface area contributed by atoms with Gasteiger partial charge in [-0.15, -0.1) is 0 Å². The molecule has 1 heterocycles. The van der Waals surface area contributed by atoms with Crippen molar-refractivity contribution in [3.63, 3.8) is 0 Å². The van der Waals surface area contributed by atoms with Gasteiger partial charge in [0.2, 0.25) is 0 Å². The highest BCUT2D eigenvalue weighted by Crippen LogP contribution is 2.23. The lowest BCUT2D eigenvalue weighted by Gasteiger charge is -2.11. The Balaban J connectivity index is 1.73. The number of aromatic nitrogens is 2. The summed E-state index contributed by atoms with van der Waals surface area (Å²) in [5, 5.41) is 7.24. The predicted octanol–water partition coefficient (Wildman–Crippen LogP) is 4.42. The van der Waals surface area contributed by atoms with E-state index in [4.69, 9.17) is 11.6 Å². The number of rotatable bonds is 7. The van der Waals surface area contributed by atoms with Crippen LogP contribution in [0, 0.1) is 6.92 Å². The minimum absolute atomic E-state index is 0.0143. The van der Waals surface area contributed by atoms with Crippen molar-refractivity contribution in [2.45, 2.75) is 26.6 Å². The predicted molar refractivity (Wildman–Crippen MR) is 102 cm³/mol. The van der Waals surface area contributed by atoms with E-state index in [-0.39, 0.29) is 23.0 Å². The highest BCUT2D eigenvalue weighted by Gasteiger charge is 2.21. The van der Waals surface area contributed by atoms with Gasteiger partial charge in [-0.3, -0.25) is 4.79 Å². The zero-order valence-electron chi connectivity index (χ0n) is 15.0. The summed E-state index contributed by atoms with van der Waals surface area (Å²) >= 11 is 6.37. The average molecular weight is 406 g/mol. The molecule has 0 fully saturated rings. The molecule has 0 bridgehead atoms. The third-order valence-electron chi connectivity index (χ3n) is 4.10. The van der Waals surface area contributed by atoms with Crippen LogP contribution >= 0.6 is 11.6 Å². The van der Waals surface area contributed by atoms with Crippen LogP contribution in [0.25, 0.3) is 0 Å². The van der Waals surface area contributed by atoms with Crippen LogP contribution < -0.4 is 10.1 Å². The first-order chi connectivity index (χ1) is 13.5. The minimum Gasteiger partial charge on any atom is -0.434 e. The van der Waals surface area contributed by atoms with E-state index >= 15 is 0 Å². The van der Waals surface area contributed by atoms with Crippen molar-refractivity contribution < 1.29 is 18.3 Å². The van der Waals surface area contributed by atoms with Crippen molar-refractivity contribution >= 4 is 17.5 Å². The number of alkyl halides is 2. The Morgan fingerprint density at radius 3 is 2.57 bits per heavy atom. The van der Waals surface area contributed by atoms with Crippen molar-refractivity contribution in [3.05, 3.63) is 82.1 Å². The van der Waals surface area contributed by atoms with E-state index in [9.17, 15) is 13.6 Å². The Kier molecular flexibility index (Phi) is 6.26. The summed E-state index contributed by atoms with van der Waals surface area (Å²) in [7, 11) is 0. The first kappa shape index (κ1) is 19.8. The summed E-state index contributed by atoms with van der Waals surface area (Å²) in [5.74, 6) is -0.422. The number of nitrogens with one attached hydrogen (secondary N) is 1. The summed E-state index contributed by atoms with van der Waals surface area (Å²) in [6.45, 7) is -0.805. The van der Waals surface area contributed by atoms with Gasteiger partial charge in [0.05, 0.1) is 17.8 Å². The van der Waals surface area contributed by atoms with E-state index in [0.29, 0.717) is 17.8 Å². The molecule has 3 aromatic rings. The van der Waals surface area contributed by atoms with Gasteiger partial charge in [0, 0.05) is 12.1 Å². The molecular formula is C20H18ClF2N3O2. The van der Waals surface area contributed by atoms with Gasteiger partial charge in [-0.2, -0.15) is 13.9 Å². The molecule has 0 unspecified atom stereocenters. The molecule has 8 heteroatoms. The number of para-hydroxylation sites is 1. The highest BCUT2D eigenvalue weighted by molar-refractivity contribution is 6.33. The molecule has 0 radical (unpaired) electrons. The van der Waals surface area contributed by atoms with Crippen LogP contribution in [0.15, 0.2) is 54.6 Å². The molecule has 0 atom stereocenters. The molecule has 1 N–H and O–H groups in total. The van der Waals surface area contributed by atoms with E-state index in [1.165, 1.54) is 6.07 Å². The molecule has 1 aromatic heterocycles. The average Bonchev–Trinajstić information content (AvgIpc) is 2.94. The first-order valence-electron chi connectivity index (χ1n) is 8.53. The number of halogens is 3. The van der Waals surface area contributed by atoms with Crippen LogP contribution in [0.2, 0.25) is 5.15 Å². The zero-order valence-corrected chi connectivity index (χ0v) is 15.8. The number of amides is 1. The molecule has 3 rings (SSSR count). The molecule has 0 aliphatic carbocycles. The number of carbonyl (C=O) groups is 1. The summed E-state index contributed by atoms with van der Waals surface area (Å²) in [4.78, 5) is 12.6. The number of nitrogens with zero attached hydrogens (tertiary/aromatic N) is 2. The molecular weight excluding hydrogens is 388 g/mol. The lowest BCUT2D eigenvalue weighted by atomic mass is 10.2. The number of ether oxygens (including phenoxy) is 1. The van der Waals surface area contributed by atoms with Crippen molar-refractivity contribution in [2.75, 3.05) is 0 Å². The largest absolute Gasteiger partial charge is 0.434 e. The fourth-order valence-corrected chi connectivity index (χ4v) is 3.12. The smallest absolute Gasteiger partial charge is 0.387 e. The summed E-state index contributed by atoms with van der Waals surface area (Å²) in [6, 6.07) is 15.9. The molecule has 28 heavy (non-hydrogen) atoms. The molecule has 0 spiro atoms. The number of hydrogen-bond acceptors (Lipinski definition) is 3. The normalized spacial score (nSPS) is 10.9. The fourth-order valence-electron chi connectivity index (χ4n) is 2.80. The molecule has 0 aliphatic rings. The van der Waals surface area contributed by atoms with Gasteiger partial charge >= 0.3 is 6.61 Å². The highest BCUT2D eigenvalue weighted by atomic mass is 35.5. The van der Waals surface area contributed by atoms with E-state index in [2.05, 4.69) is 15.2 Å². The second-order valence-corrected chi connectivity index (χ2v) is 6.42. The van der Waals surface area contributed by atoms with Crippen molar-refractivity contribution in [1.29, 1.82) is 0 Å². The molecule has 1 amide bonds. The Morgan fingerprint density at radius 1 is 1.18 bits per heavy atom. The number of hydrogen-bond donors (Lipinski definition) is 1. The third kappa shape index (κ3) is 4.67. The Hall–Kier alpha value is -2.93. The van der Waals surface area contributed by atoms with Gasteiger partial charge in [-0.1, -0.05) is 60.1 Å². The summed E-state index contributed by atoms with van der Waals surface area (Å²) < 4.78 is 31.1. The second-order valence-electron chi connectivity index (χ2n) is 6.06. The van der Waals surface area contributed by atoms with Gasteiger partial charge in [-0.25, -0.2) is 4.68 Å². The monoisotopic (exact) mass is 405 g/mol. The van der Waals surface area contributed by atoms with Crippen LogP contribution in [0.1, 0.15) is 27.2 Å². The Bertz CT molecular complexity index is 961. The van der Waals surface area contributed by atoms with E-state index in [0.717, 1.165) is 5.56 Å². The fraction of sp³-hybridized carbons (Fsp3) is 0.200. The van der Waals surface area contributed by atoms with Crippen molar-refractivity contribution in [3.8, 4) is 5.75 Å². The van der Waals surface area contributed by atoms with Crippen molar-refractivity contribution in [2.24, 2.45) is 0 Å². The maximum atomic E-state index is 12.6. The lowest BCUT2D eigenvalue weighted by molar-refractivity contribution is -0.0504. The lowest BCUT2D eigenvalue weighted by Crippen LogP contribution is -2.24. The summed E-state index contributed by atoms with van der Waals surface area (Å²) in [5.41, 5.74) is 2.17. The van der Waals surface area contributed by atoms with Gasteiger partial charge in [0.1, 0.15) is 10.9 Å². The number of benzene rings is 2. The molecule has 0 aliphatic heterocycles. The van der Waals surface area contributed by atoms with Crippen LogP contribution in [-0.4, -0.2) is 22.3 Å². The Labute approximate surface area is 165 Å². The number of aryl methyl sites for hydroxylation is 1. The molecule has 146 valence electrons. The zero-order chi connectivity index (χ0) is 20.1. The topological polar surface area (TPSA) is 56.2 Å². The van der Waals surface area contributed by atoms with Crippen LogP contribution in [0.3, 0.4) is 0 Å². The third-order valence-corrected chi connectivity index (χ3v) is 4.48. The second kappa shape index (κ2) is 8.84. The molecule has 5 nitrogen and oxygen atoms in total. The molecule has 2 aromatic carbocycles. The quantitative estimate of drug-likeness (QED) is 0.633. The standard InChI is InChI=1S/C20H18ClF2N3O2/c1-13-17(18(21)26(25-13)12-14-7-3-2-4-8-14)19(27)24-11-15-9-5-6-10-16(15)28-20(22)23/h2-10,20H,11-12H2,1H3,(H,24,27). The molecule has 0 saturated heterocycles. The van der Waals surface area contributed by atoms with E-state index in [1.807, 2.05) is 30.3 Å². The first-order valence-corrected chi connectivity index (χ1v) is 8.91.